The first-order chi connectivity index (χ1) is 14.3. The van der Waals surface area contributed by atoms with Crippen LogP contribution in [-0.4, -0.2) is 44.3 Å². The van der Waals surface area contributed by atoms with Crippen molar-refractivity contribution in [2.75, 3.05) is 13.7 Å². The molecule has 0 aliphatic carbocycles. The van der Waals surface area contributed by atoms with Crippen molar-refractivity contribution in [3.8, 4) is 0 Å². The first kappa shape index (κ1) is 21.9. The third-order valence-electron chi connectivity index (χ3n) is 5.04. The van der Waals surface area contributed by atoms with Crippen molar-refractivity contribution in [2.24, 2.45) is 0 Å². The molecule has 0 aromatic heterocycles. The number of hydrogen-bond donors (Lipinski definition) is 1. The molecule has 0 radical (unpaired) electrons. The van der Waals surface area contributed by atoms with Crippen LogP contribution in [0.15, 0.2) is 59.5 Å². The maximum atomic E-state index is 13.3. The topological polar surface area (TPSA) is 92.8 Å². The van der Waals surface area contributed by atoms with Gasteiger partial charge in [0.1, 0.15) is 11.9 Å². The van der Waals surface area contributed by atoms with E-state index in [1.54, 1.807) is 18.2 Å². The van der Waals surface area contributed by atoms with Gasteiger partial charge in [0.25, 0.3) is 0 Å². The Morgan fingerprint density at radius 2 is 1.83 bits per heavy atom. The Morgan fingerprint density at radius 3 is 2.47 bits per heavy atom. The standard InChI is InChI=1S/C21H23FN2O5S/c1-29-20(25)14-18(15-9-11-16(22)12-10-15)23-21(26)19-8-5-13-24(19)30(27,28)17-6-3-2-4-7-17/h2-4,6-7,9-12,18-19H,5,8,13-14H2,1H3,(H,23,26)/t18?,19-/m0/s1. The molecule has 9 heteroatoms. The Kier molecular flexibility index (Phi) is 6.84. The van der Waals surface area contributed by atoms with Crippen molar-refractivity contribution < 1.29 is 27.1 Å². The van der Waals surface area contributed by atoms with E-state index >= 15 is 0 Å². The van der Waals surface area contributed by atoms with Crippen LogP contribution in [0.2, 0.25) is 0 Å². The van der Waals surface area contributed by atoms with Gasteiger partial charge >= 0.3 is 5.97 Å². The Hall–Kier alpha value is -2.78. The van der Waals surface area contributed by atoms with Crippen LogP contribution < -0.4 is 5.32 Å². The number of hydrogen-bond acceptors (Lipinski definition) is 5. The number of nitrogens with one attached hydrogen (secondary N) is 1. The lowest BCUT2D eigenvalue weighted by Gasteiger charge is -2.26. The average Bonchev–Trinajstić information content (AvgIpc) is 3.25. The third-order valence-corrected chi connectivity index (χ3v) is 6.97. The Labute approximate surface area is 174 Å². The number of rotatable bonds is 7. The van der Waals surface area contributed by atoms with E-state index in [2.05, 4.69) is 5.32 Å². The zero-order chi connectivity index (χ0) is 21.7. The highest BCUT2D eigenvalue weighted by Crippen LogP contribution is 2.27. The zero-order valence-electron chi connectivity index (χ0n) is 16.5. The fourth-order valence-electron chi connectivity index (χ4n) is 3.48. The zero-order valence-corrected chi connectivity index (χ0v) is 17.3. The number of halogens is 1. The molecule has 1 aliphatic heterocycles. The summed E-state index contributed by atoms with van der Waals surface area (Å²) < 4.78 is 45.2. The predicted octanol–water partition coefficient (Wildman–Crippen LogP) is 2.40. The summed E-state index contributed by atoms with van der Waals surface area (Å²) in [5.41, 5.74) is 0.519. The Balaban J connectivity index is 1.82. The van der Waals surface area contributed by atoms with Crippen molar-refractivity contribution in [3.63, 3.8) is 0 Å². The maximum Gasteiger partial charge on any atom is 0.307 e. The molecule has 0 spiro atoms. The number of amides is 1. The first-order valence-corrected chi connectivity index (χ1v) is 11.0. The Bertz CT molecular complexity index is 996. The van der Waals surface area contributed by atoms with Gasteiger partial charge in [0.05, 0.1) is 24.5 Å². The minimum atomic E-state index is -3.84. The van der Waals surface area contributed by atoms with Crippen molar-refractivity contribution in [3.05, 3.63) is 66.0 Å². The molecule has 7 nitrogen and oxygen atoms in total. The van der Waals surface area contributed by atoms with Crippen LogP contribution in [0.3, 0.4) is 0 Å². The van der Waals surface area contributed by atoms with Crippen molar-refractivity contribution in [2.45, 2.75) is 36.2 Å². The molecule has 1 heterocycles. The third kappa shape index (κ3) is 4.85. The fourth-order valence-corrected chi connectivity index (χ4v) is 5.16. The second-order valence-corrected chi connectivity index (χ2v) is 8.87. The van der Waals surface area contributed by atoms with Gasteiger partial charge in [-0.1, -0.05) is 30.3 Å². The van der Waals surface area contributed by atoms with E-state index in [-0.39, 0.29) is 17.9 Å². The summed E-state index contributed by atoms with van der Waals surface area (Å²) in [6, 6.07) is 11.7. The summed E-state index contributed by atoms with van der Waals surface area (Å²) in [5, 5.41) is 2.75. The van der Waals surface area contributed by atoms with Crippen molar-refractivity contribution >= 4 is 21.9 Å². The van der Waals surface area contributed by atoms with Crippen LogP contribution in [0.4, 0.5) is 4.39 Å². The summed E-state index contributed by atoms with van der Waals surface area (Å²) in [7, 11) is -2.60. The molecule has 30 heavy (non-hydrogen) atoms. The first-order valence-electron chi connectivity index (χ1n) is 9.52. The highest BCUT2D eigenvalue weighted by molar-refractivity contribution is 7.89. The van der Waals surface area contributed by atoms with E-state index < -0.39 is 39.8 Å². The largest absolute Gasteiger partial charge is 0.469 e. The lowest BCUT2D eigenvalue weighted by Crippen LogP contribution is -2.47. The van der Waals surface area contributed by atoms with Crippen molar-refractivity contribution in [1.29, 1.82) is 0 Å². The smallest absolute Gasteiger partial charge is 0.307 e. The lowest BCUT2D eigenvalue weighted by atomic mass is 10.0. The summed E-state index contributed by atoms with van der Waals surface area (Å²) in [4.78, 5) is 25.0. The van der Waals surface area contributed by atoms with Crippen LogP contribution in [0.1, 0.15) is 30.9 Å². The van der Waals surface area contributed by atoms with Crippen molar-refractivity contribution in [1.82, 2.24) is 9.62 Å². The summed E-state index contributed by atoms with van der Waals surface area (Å²) in [6.07, 6.45) is 0.751. The molecule has 1 amide bonds. The van der Waals surface area contributed by atoms with Gasteiger partial charge in [0.15, 0.2) is 0 Å². The van der Waals surface area contributed by atoms with Gasteiger partial charge < -0.3 is 10.1 Å². The molecule has 2 atom stereocenters. The van der Waals surface area contributed by atoms with Crippen LogP contribution in [0, 0.1) is 5.82 Å². The second kappa shape index (κ2) is 9.36. The minimum Gasteiger partial charge on any atom is -0.469 e. The van der Waals surface area contributed by atoms with Gasteiger partial charge in [-0.3, -0.25) is 9.59 Å². The second-order valence-electron chi connectivity index (χ2n) is 6.98. The molecule has 160 valence electrons. The monoisotopic (exact) mass is 434 g/mol. The molecule has 1 fully saturated rings. The average molecular weight is 434 g/mol. The van der Waals surface area contributed by atoms with Crippen LogP contribution in [-0.2, 0) is 24.3 Å². The quantitative estimate of drug-likeness (QED) is 0.676. The van der Waals surface area contributed by atoms with Gasteiger partial charge in [-0.15, -0.1) is 0 Å². The number of esters is 1. The number of methoxy groups -OCH3 is 1. The fraction of sp³-hybridized carbons (Fsp3) is 0.333. The Morgan fingerprint density at radius 1 is 1.17 bits per heavy atom. The molecule has 0 saturated carbocycles. The molecular formula is C21H23FN2O5S. The molecular weight excluding hydrogens is 411 g/mol. The molecule has 3 rings (SSSR count). The van der Waals surface area contributed by atoms with Gasteiger partial charge in [0, 0.05) is 6.54 Å². The van der Waals surface area contributed by atoms with E-state index in [1.807, 2.05) is 0 Å². The molecule has 1 N–H and O–H groups in total. The van der Waals surface area contributed by atoms with E-state index in [9.17, 15) is 22.4 Å². The molecule has 1 saturated heterocycles. The summed E-state index contributed by atoms with van der Waals surface area (Å²) in [5.74, 6) is -1.51. The lowest BCUT2D eigenvalue weighted by molar-refractivity contribution is -0.141. The molecule has 0 bridgehead atoms. The van der Waals surface area contributed by atoms with Crippen LogP contribution in [0.25, 0.3) is 0 Å². The molecule has 2 aromatic rings. The number of sulfonamides is 1. The minimum absolute atomic E-state index is 0.120. The van der Waals surface area contributed by atoms with Gasteiger partial charge in [-0.2, -0.15) is 4.31 Å². The van der Waals surface area contributed by atoms with E-state index in [0.717, 1.165) is 0 Å². The van der Waals surface area contributed by atoms with E-state index in [1.165, 1.54) is 47.8 Å². The maximum absolute atomic E-state index is 13.3. The number of carbonyl (C=O) groups excluding carboxylic acids is 2. The normalized spacial score (nSPS) is 18.0. The molecule has 2 aromatic carbocycles. The molecule has 1 aliphatic rings. The molecule has 1 unspecified atom stereocenters. The summed E-state index contributed by atoms with van der Waals surface area (Å²) in [6.45, 7) is 0.230. The highest BCUT2D eigenvalue weighted by Gasteiger charge is 2.40. The van der Waals surface area contributed by atoms with E-state index in [0.29, 0.717) is 18.4 Å². The number of ether oxygens (including phenoxy) is 1. The van der Waals surface area contributed by atoms with Gasteiger partial charge in [-0.05, 0) is 42.7 Å². The predicted molar refractivity (Wildman–Crippen MR) is 107 cm³/mol. The SMILES string of the molecule is COC(=O)CC(NC(=O)[C@@H]1CCCN1S(=O)(=O)c1ccccc1)c1ccc(F)cc1. The van der Waals surface area contributed by atoms with Crippen LogP contribution >= 0.6 is 0 Å². The number of carbonyl (C=O) groups is 2. The number of benzene rings is 2. The van der Waals surface area contributed by atoms with E-state index in [4.69, 9.17) is 4.74 Å². The van der Waals surface area contributed by atoms with Gasteiger partial charge in [0.2, 0.25) is 15.9 Å². The summed E-state index contributed by atoms with van der Waals surface area (Å²) >= 11 is 0. The highest BCUT2D eigenvalue weighted by atomic mass is 32.2. The van der Waals surface area contributed by atoms with Crippen LogP contribution in [0.5, 0.6) is 0 Å². The number of nitrogens with zero attached hydrogens (tertiary/aromatic N) is 1. The van der Waals surface area contributed by atoms with Gasteiger partial charge in [-0.25, -0.2) is 12.8 Å².